The van der Waals surface area contributed by atoms with E-state index in [0.29, 0.717) is 13.0 Å². The molecule has 2 aromatic carbocycles. The molecule has 0 spiro atoms. The fourth-order valence-electron chi connectivity index (χ4n) is 3.83. The molecule has 1 aromatic heterocycles. The van der Waals surface area contributed by atoms with Crippen molar-refractivity contribution in [1.82, 2.24) is 19.9 Å². The molecule has 0 aliphatic carbocycles. The summed E-state index contributed by atoms with van der Waals surface area (Å²) >= 11 is 0. The Morgan fingerprint density at radius 3 is 2.65 bits per heavy atom. The predicted molar refractivity (Wildman–Crippen MR) is 117 cm³/mol. The molecule has 1 unspecified atom stereocenters. The van der Waals surface area contributed by atoms with Gasteiger partial charge in [-0.05, 0) is 30.2 Å². The number of sulfonamides is 1. The molecule has 0 bridgehead atoms. The maximum atomic E-state index is 13.0. The number of rotatable bonds is 7. The third-order valence-electron chi connectivity index (χ3n) is 5.40. The first-order valence-electron chi connectivity index (χ1n) is 10.1. The number of hydrogen-bond donors (Lipinski definition) is 3. The summed E-state index contributed by atoms with van der Waals surface area (Å²) in [4.78, 5) is 28.3. The number of para-hydroxylation sites is 1. The smallest absolute Gasteiger partial charge is 0.243 e. The van der Waals surface area contributed by atoms with Crippen LogP contribution in [0.25, 0.3) is 10.9 Å². The zero-order valence-corrected chi connectivity index (χ0v) is 17.7. The molecule has 162 valence electrons. The van der Waals surface area contributed by atoms with E-state index in [0.717, 1.165) is 20.8 Å². The van der Waals surface area contributed by atoms with Crippen molar-refractivity contribution in [2.24, 2.45) is 0 Å². The number of fused-ring (bicyclic) bond motifs is 1. The number of carbonyl (C=O) groups is 2. The second kappa shape index (κ2) is 8.91. The Kier molecular flexibility index (Phi) is 6.06. The molecule has 31 heavy (non-hydrogen) atoms. The predicted octanol–water partition coefficient (Wildman–Crippen LogP) is 1.41. The molecule has 3 aromatic rings. The molecule has 3 N–H and O–H groups in total. The van der Waals surface area contributed by atoms with E-state index >= 15 is 0 Å². The van der Waals surface area contributed by atoms with Gasteiger partial charge in [-0.3, -0.25) is 9.59 Å². The molecule has 4 rings (SSSR count). The molecular weight excluding hydrogens is 416 g/mol. The minimum atomic E-state index is -3.88. The summed E-state index contributed by atoms with van der Waals surface area (Å²) in [6.07, 6.45) is 2.31. The summed E-state index contributed by atoms with van der Waals surface area (Å²) in [6.45, 7) is 0.723. The van der Waals surface area contributed by atoms with Gasteiger partial charge >= 0.3 is 0 Å². The number of piperazine rings is 1. The molecule has 1 aliphatic heterocycles. The summed E-state index contributed by atoms with van der Waals surface area (Å²) in [7, 11) is -3.88. The highest BCUT2D eigenvalue weighted by Crippen LogP contribution is 2.21. The van der Waals surface area contributed by atoms with Gasteiger partial charge in [0.25, 0.3) is 0 Å². The fourth-order valence-corrected chi connectivity index (χ4v) is 5.44. The number of nitrogens with zero attached hydrogens (tertiary/aromatic N) is 1. The van der Waals surface area contributed by atoms with Gasteiger partial charge in [-0.2, -0.15) is 4.31 Å². The van der Waals surface area contributed by atoms with E-state index in [4.69, 9.17) is 0 Å². The molecule has 8 nitrogen and oxygen atoms in total. The molecule has 2 amide bonds. The van der Waals surface area contributed by atoms with Gasteiger partial charge in [0.05, 0.1) is 11.3 Å². The van der Waals surface area contributed by atoms with Crippen LogP contribution in [0.4, 0.5) is 0 Å². The normalized spacial score (nSPS) is 17.4. The third-order valence-corrected chi connectivity index (χ3v) is 7.32. The number of benzene rings is 2. The molecule has 0 radical (unpaired) electrons. The summed E-state index contributed by atoms with van der Waals surface area (Å²) < 4.78 is 27.2. The molecule has 2 heterocycles. The van der Waals surface area contributed by atoms with Crippen molar-refractivity contribution in [3.63, 3.8) is 0 Å². The van der Waals surface area contributed by atoms with Gasteiger partial charge in [0.15, 0.2) is 0 Å². The van der Waals surface area contributed by atoms with E-state index in [1.54, 1.807) is 18.2 Å². The Labute approximate surface area is 180 Å². The van der Waals surface area contributed by atoms with E-state index < -0.39 is 22.0 Å². The van der Waals surface area contributed by atoms with E-state index in [1.165, 1.54) is 12.1 Å². The van der Waals surface area contributed by atoms with Crippen molar-refractivity contribution in [1.29, 1.82) is 0 Å². The number of amides is 2. The van der Waals surface area contributed by atoms with Gasteiger partial charge in [-0.15, -0.1) is 0 Å². The van der Waals surface area contributed by atoms with Gasteiger partial charge in [-0.1, -0.05) is 36.4 Å². The average molecular weight is 441 g/mol. The van der Waals surface area contributed by atoms with Crippen LogP contribution < -0.4 is 10.6 Å². The van der Waals surface area contributed by atoms with Crippen LogP contribution in [0.3, 0.4) is 0 Å². The topological polar surface area (TPSA) is 111 Å². The first-order chi connectivity index (χ1) is 15.0. The molecule has 0 saturated carbocycles. The van der Waals surface area contributed by atoms with E-state index in [-0.39, 0.29) is 30.3 Å². The average Bonchev–Trinajstić information content (AvgIpc) is 3.19. The number of aromatic nitrogens is 1. The summed E-state index contributed by atoms with van der Waals surface area (Å²) in [5.41, 5.74) is 2.11. The van der Waals surface area contributed by atoms with Crippen molar-refractivity contribution in [3.05, 3.63) is 66.4 Å². The Bertz CT molecular complexity index is 1190. The van der Waals surface area contributed by atoms with Crippen LogP contribution >= 0.6 is 0 Å². The maximum Gasteiger partial charge on any atom is 0.243 e. The van der Waals surface area contributed by atoms with Crippen LogP contribution in [0.2, 0.25) is 0 Å². The molecule has 9 heteroatoms. The first kappa shape index (κ1) is 21.1. The lowest BCUT2D eigenvalue weighted by atomic mass is 10.1. The number of aromatic amines is 1. The lowest BCUT2D eigenvalue weighted by Gasteiger charge is -2.33. The first-order valence-corrected chi connectivity index (χ1v) is 11.6. The van der Waals surface area contributed by atoms with Gasteiger partial charge < -0.3 is 15.6 Å². The van der Waals surface area contributed by atoms with Crippen LogP contribution in [0.5, 0.6) is 0 Å². The van der Waals surface area contributed by atoms with Gasteiger partial charge in [-0.25, -0.2) is 8.42 Å². The lowest BCUT2D eigenvalue weighted by Crippen LogP contribution is -2.58. The van der Waals surface area contributed by atoms with Crippen molar-refractivity contribution in [3.8, 4) is 0 Å². The third kappa shape index (κ3) is 4.47. The van der Waals surface area contributed by atoms with Crippen LogP contribution in [-0.4, -0.2) is 55.2 Å². The molecule has 1 fully saturated rings. The zero-order valence-electron chi connectivity index (χ0n) is 16.9. The summed E-state index contributed by atoms with van der Waals surface area (Å²) in [5, 5.41) is 6.57. The van der Waals surface area contributed by atoms with Crippen LogP contribution in [0.15, 0.2) is 65.7 Å². The number of H-pyrrole nitrogens is 1. The van der Waals surface area contributed by atoms with E-state index in [2.05, 4.69) is 15.6 Å². The maximum absolute atomic E-state index is 13.0. The summed E-state index contributed by atoms with van der Waals surface area (Å²) in [5.74, 6) is -0.826. The lowest BCUT2D eigenvalue weighted by molar-refractivity contribution is -0.131. The van der Waals surface area contributed by atoms with E-state index in [1.807, 2.05) is 30.5 Å². The van der Waals surface area contributed by atoms with Crippen molar-refractivity contribution in [2.75, 3.05) is 19.6 Å². The molecule has 1 atom stereocenters. The summed E-state index contributed by atoms with van der Waals surface area (Å²) in [6, 6.07) is 14.8. The highest BCUT2D eigenvalue weighted by Gasteiger charge is 2.39. The van der Waals surface area contributed by atoms with Crippen LogP contribution in [0.1, 0.15) is 12.0 Å². The monoisotopic (exact) mass is 440 g/mol. The Balaban J connectivity index is 1.41. The molecule has 1 saturated heterocycles. The van der Waals surface area contributed by atoms with E-state index in [9.17, 15) is 18.0 Å². The second-order valence-corrected chi connectivity index (χ2v) is 9.29. The minimum absolute atomic E-state index is 0.106. The highest BCUT2D eigenvalue weighted by molar-refractivity contribution is 7.89. The molecular formula is C22H24N4O4S. The highest BCUT2D eigenvalue weighted by atomic mass is 32.2. The Morgan fingerprint density at radius 2 is 1.84 bits per heavy atom. The molecule has 1 aliphatic rings. The van der Waals surface area contributed by atoms with Gasteiger partial charge in [0.2, 0.25) is 21.8 Å². The second-order valence-electron chi connectivity index (χ2n) is 7.40. The van der Waals surface area contributed by atoms with Gasteiger partial charge in [0.1, 0.15) is 6.04 Å². The fraction of sp³-hybridized carbons (Fsp3) is 0.273. The van der Waals surface area contributed by atoms with Gasteiger partial charge in [0, 0.05) is 36.7 Å². The standard InChI is InChI=1S/C22H24N4O4S/c27-21(23-11-10-16-15-25-19-9-5-4-8-18(16)19)14-20-22(28)24-12-13-26(20)31(29,30)17-6-2-1-3-7-17/h1-9,15,20,25H,10-14H2,(H,23,27)(H,24,28). The Morgan fingerprint density at radius 1 is 1.10 bits per heavy atom. The van der Waals surface area contributed by atoms with Crippen molar-refractivity contribution < 1.29 is 18.0 Å². The largest absolute Gasteiger partial charge is 0.361 e. The zero-order chi connectivity index (χ0) is 21.8. The van der Waals surface area contributed by atoms with Crippen molar-refractivity contribution >= 4 is 32.7 Å². The van der Waals surface area contributed by atoms with Crippen LogP contribution in [0, 0.1) is 0 Å². The SMILES string of the molecule is O=C(CC1C(=O)NCCN1S(=O)(=O)c1ccccc1)NCCc1c[nH]c2ccccc12. The quantitative estimate of drug-likeness (QED) is 0.516. The van der Waals surface area contributed by atoms with Crippen molar-refractivity contribution in [2.45, 2.75) is 23.8 Å². The van der Waals surface area contributed by atoms with Crippen LogP contribution in [-0.2, 0) is 26.0 Å². The number of carbonyl (C=O) groups excluding carboxylic acids is 2. The minimum Gasteiger partial charge on any atom is -0.361 e. The number of hydrogen-bond acceptors (Lipinski definition) is 4. The number of nitrogens with one attached hydrogen (secondary N) is 3. The Hall–Kier alpha value is -3.17.